The van der Waals surface area contributed by atoms with E-state index in [0.717, 1.165) is 50.5 Å². The van der Waals surface area contributed by atoms with Crippen LogP contribution in [0.15, 0.2) is 65.4 Å². The number of benzene rings is 1. The third-order valence-electron chi connectivity index (χ3n) is 7.12. The van der Waals surface area contributed by atoms with Crippen LogP contribution in [-0.4, -0.2) is 58.3 Å². The van der Waals surface area contributed by atoms with Crippen LogP contribution in [0.25, 0.3) is 10.9 Å². The van der Waals surface area contributed by atoms with Gasteiger partial charge < -0.3 is 19.9 Å². The summed E-state index contributed by atoms with van der Waals surface area (Å²) >= 11 is 0. The maximum absolute atomic E-state index is 15.8. The van der Waals surface area contributed by atoms with Crippen molar-refractivity contribution in [2.45, 2.75) is 33.7 Å². The van der Waals surface area contributed by atoms with E-state index < -0.39 is 11.6 Å². The number of amidine groups is 1. The molecule has 0 bridgehead atoms. The maximum atomic E-state index is 15.8. The van der Waals surface area contributed by atoms with Crippen molar-refractivity contribution in [2.24, 2.45) is 10.9 Å². The number of H-pyrrole nitrogens is 1. The van der Waals surface area contributed by atoms with Gasteiger partial charge in [-0.3, -0.25) is 4.90 Å². The Morgan fingerprint density at radius 2 is 1.89 bits per heavy atom. The van der Waals surface area contributed by atoms with Gasteiger partial charge in [-0.15, -0.1) is 0 Å². The minimum Gasteiger partial charge on any atom is -0.455 e. The fraction of sp³-hybridized carbons (Fsp3) is 0.379. The first-order valence-electron chi connectivity index (χ1n) is 13.2. The van der Waals surface area contributed by atoms with Gasteiger partial charge in [0.2, 0.25) is 5.83 Å². The van der Waals surface area contributed by atoms with Gasteiger partial charge in [-0.1, -0.05) is 26.0 Å². The number of allylic oxidation sites excluding steroid dienone is 2. The highest BCUT2D eigenvalue weighted by atomic mass is 19.1. The molecule has 3 aromatic rings. The Hall–Kier alpha value is -3.56. The van der Waals surface area contributed by atoms with Crippen molar-refractivity contribution in [2.75, 3.05) is 38.0 Å². The highest BCUT2D eigenvalue weighted by molar-refractivity contribution is 6.06. The zero-order chi connectivity index (χ0) is 26.6. The molecule has 5 rings (SSSR count). The van der Waals surface area contributed by atoms with Crippen molar-refractivity contribution in [1.82, 2.24) is 19.8 Å². The van der Waals surface area contributed by atoms with E-state index >= 15 is 8.78 Å². The molecule has 2 aliphatic heterocycles. The topological polar surface area (TPSA) is 68.8 Å². The molecule has 1 aromatic carbocycles. The van der Waals surface area contributed by atoms with Gasteiger partial charge in [0.15, 0.2) is 17.4 Å². The molecule has 1 unspecified atom stereocenters. The van der Waals surface area contributed by atoms with Crippen molar-refractivity contribution >= 4 is 22.6 Å². The molecule has 0 saturated carbocycles. The lowest BCUT2D eigenvalue weighted by atomic mass is 10.0. The average molecular weight is 521 g/mol. The van der Waals surface area contributed by atoms with E-state index in [2.05, 4.69) is 37.0 Å². The van der Waals surface area contributed by atoms with Crippen LogP contribution in [0.4, 0.5) is 14.6 Å². The molecule has 2 aliphatic rings. The number of pyridine rings is 1. The molecule has 0 spiro atoms. The zero-order valence-electron chi connectivity index (χ0n) is 22.1. The Morgan fingerprint density at radius 3 is 2.63 bits per heavy atom. The first-order chi connectivity index (χ1) is 18.4. The van der Waals surface area contributed by atoms with E-state index in [4.69, 9.17) is 4.74 Å². The van der Waals surface area contributed by atoms with Gasteiger partial charge in [0, 0.05) is 67.6 Å². The summed E-state index contributed by atoms with van der Waals surface area (Å²) in [6.45, 7) is 12.0. The third-order valence-corrected chi connectivity index (χ3v) is 7.12. The third kappa shape index (κ3) is 5.79. The van der Waals surface area contributed by atoms with Crippen LogP contribution in [0.5, 0.6) is 5.75 Å². The average Bonchev–Trinajstić information content (AvgIpc) is 3.31. The molecule has 200 valence electrons. The second-order valence-electron chi connectivity index (χ2n) is 9.96. The molecule has 2 aromatic heterocycles. The number of ether oxygens (including phenoxy) is 1. The number of hydrogen-bond donors (Lipinski definition) is 2. The minimum absolute atomic E-state index is 0.0222. The van der Waals surface area contributed by atoms with Crippen LogP contribution < -0.4 is 10.1 Å². The lowest BCUT2D eigenvalue weighted by Crippen LogP contribution is -2.45. The highest BCUT2D eigenvalue weighted by Crippen LogP contribution is 2.32. The van der Waals surface area contributed by atoms with Crippen LogP contribution in [0.1, 0.15) is 31.5 Å². The van der Waals surface area contributed by atoms with Crippen LogP contribution in [0.2, 0.25) is 0 Å². The summed E-state index contributed by atoms with van der Waals surface area (Å²) in [4.78, 5) is 16.7. The summed E-state index contributed by atoms with van der Waals surface area (Å²) < 4.78 is 36.9. The molecule has 2 N–H and O–H groups in total. The maximum Gasteiger partial charge on any atom is 0.204 e. The Kier molecular flexibility index (Phi) is 7.85. The largest absolute Gasteiger partial charge is 0.455 e. The number of aryl methyl sites for hydroxylation is 1. The first-order valence-corrected chi connectivity index (χ1v) is 13.2. The summed E-state index contributed by atoms with van der Waals surface area (Å²) in [5.41, 5.74) is 2.60. The van der Waals surface area contributed by atoms with Gasteiger partial charge >= 0.3 is 0 Å². The number of nitrogens with one attached hydrogen (secondary N) is 2. The number of likely N-dealkylation sites (N-methyl/N-ethyl adjacent to an activating group) is 1. The molecule has 1 saturated heterocycles. The molecule has 0 amide bonds. The number of fused-ring (bicyclic) bond motifs is 1. The van der Waals surface area contributed by atoms with E-state index in [0.29, 0.717) is 23.1 Å². The number of rotatable bonds is 6. The second-order valence-corrected chi connectivity index (χ2v) is 9.96. The lowest BCUT2D eigenvalue weighted by Gasteiger charge is -2.33. The number of piperazine rings is 1. The fourth-order valence-electron chi connectivity index (χ4n) is 4.84. The van der Waals surface area contributed by atoms with Crippen LogP contribution in [0, 0.1) is 18.7 Å². The van der Waals surface area contributed by atoms with E-state index in [-0.39, 0.29) is 23.3 Å². The molecule has 7 nitrogen and oxygen atoms in total. The number of aliphatic imine (C=N–C) groups is 1. The Balaban J connectivity index is 1.33. The van der Waals surface area contributed by atoms with Crippen molar-refractivity contribution < 1.29 is 13.5 Å². The summed E-state index contributed by atoms with van der Waals surface area (Å²) in [5.74, 6) is -1.10. The van der Waals surface area contributed by atoms with E-state index in [1.165, 1.54) is 6.07 Å². The van der Waals surface area contributed by atoms with Gasteiger partial charge in [0.1, 0.15) is 11.6 Å². The molecule has 0 aliphatic carbocycles. The fourth-order valence-corrected chi connectivity index (χ4v) is 4.84. The minimum atomic E-state index is -0.675. The molecule has 1 fully saturated rings. The number of halogens is 2. The molecular weight excluding hydrogens is 486 g/mol. The molecular formula is C29H34F2N6O. The Morgan fingerprint density at radius 1 is 1.11 bits per heavy atom. The zero-order valence-corrected chi connectivity index (χ0v) is 22.1. The highest BCUT2D eigenvalue weighted by Gasteiger charge is 2.24. The van der Waals surface area contributed by atoms with Crippen molar-refractivity contribution in [3.05, 3.63) is 77.5 Å². The monoisotopic (exact) mass is 520 g/mol. The van der Waals surface area contributed by atoms with Gasteiger partial charge in [0.05, 0.1) is 0 Å². The van der Waals surface area contributed by atoms with Gasteiger partial charge in [0.25, 0.3) is 0 Å². The van der Waals surface area contributed by atoms with Crippen molar-refractivity contribution in [3.63, 3.8) is 0 Å². The van der Waals surface area contributed by atoms with Gasteiger partial charge in [-0.05, 0) is 49.7 Å². The van der Waals surface area contributed by atoms with Gasteiger partial charge in [-0.2, -0.15) is 4.39 Å². The number of aromatic amines is 1. The van der Waals surface area contributed by atoms with Crippen LogP contribution >= 0.6 is 0 Å². The Bertz CT molecular complexity index is 1370. The summed E-state index contributed by atoms with van der Waals surface area (Å²) in [5, 5.41) is 3.39. The molecule has 9 heteroatoms. The number of aromatic nitrogens is 2. The summed E-state index contributed by atoms with van der Waals surface area (Å²) in [6, 6.07) is 8.77. The summed E-state index contributed by atoms with van der Waals surface area (Å²) in [6.07, 6.45) is 5.71. The van der Waals surface area contributed by atoms with E-state index in [1.807, 2.05) is 32.1 Å². The lowest BCUT2D eigenvalue weighted by molar-refractivity contribution is 0.132. The Labute approximate surface area is 221 Å². The second kappa shape index (κ2) is 11.4. The molecule has 1 atom stereocenters. The smallest absolute Gasteiger partial charge is 0.204 e. The number of nitrogens with zero attached hydrogens (tertiary/aromatic N) is 4. The van der Waals surface area contributed by atoms with Gasteiger partial charge in [-0.25, -0.2) is 14.4 Å². The normalized spacial score (nSPS) is 20.2. The van der Waals surface area contributed by atoms with E-state index in [1.54, 1.807) is 24.5 Å². The standard InChI is InChI=1S/C29H34F2N6O/c1-4-36-12-14-37(15-13-36)18-21-7-10-25(33-17-21)35-29-27(31)28(19(2)6-5-11-32-29)38-24-9-8-23-22(26(24)30)16-20(3)34-23/h5,7-11,16-17,19,34H,4,6,12-15,18H2,1-3H3,(H,32,33,35)/b11-5+,28-27?. The quantitative estimate of drug-likeness (QED) is 0.432. The summed E-state index contributed by atoms with van der Waals surface area (Å²) in [7, 11) is 0. The van der Waals surface area contributed by atoms with E-state index in [9.17, 15) is 0 Å². The molecule has 4 heterocycles. The van der Waals surface area contributed by atoms with Crippen LogP contribution in [0.3, 0.4) is 0 Å². The van der Waals surface area contributed by atoms with Crippen molar-refractivity contribution in [3.8, 4) is 5.75 Å². The van der Waals surface area contributed by atoms with Crippen molar-refractivity contribution in [1.29, 1.82) is 0 Å². The first kappa shape index (κ1) is 26.1. The SMILES string of the molecule is CCN1CCN(Cc2ccc(NC3=N/C=C/CC(C)C(Oc4ccc5[nH]c(C)cc5c4F)=C3F)nc2)CC1. The molecule has 38 heavy (non-hydrogen) atoms. The molecule has 0 radical (unpaired) electrons. The number of anilines is 1. The predicted molar refractivity (Wildman–Crippen MR) is 147 cm³/mol. The van der Waals surface area contributed by atoms with Crippen LogP contribution in [-0.2, 0) is 6.54 Å². The number of hydrogen-bond acceptors (Lipinski definition) is 6. The predicted octanol–water partition coefficient (Wildman–Crippen LogP) is 5.77.